The molecule has 0 aliphatic carbocycles. The van der Waals surface area contributed by atoms with E-state index in [0.29, 0.717) is 28.6 Å². The Morgan fingerprint density at radius 3 is 2.47 bits per heavy atom. The lowest BCUT2D eigenvalue weighted by Gasteiger charge is -2.09. The van der Waals surface area contributed by atoms with Crippen molar-refractivity contribution in [2.45, 2.75) is 6.61 Å². The molecular weight excluding hydrogens is 264 g/mol. The number of nitrogen functional groups attached to an aromatic ring is 1. The summed E-state index contributed by atoms with van der Waals surface area (Å²) in [5, 5.41) is 0.563. The number of benzene rings is 2. The zero-order valence-electron chi connectivity index (χ0n) is 10.1. The number of primary amides is 1. The average molecular weight is 277 g/mol. The summed E-state index contributed by atoms with van der Waals surface area (Å²) in [6.45, 7) is 0.337. The van der Waals surface area contributed by atoms with Gasteiger partial charge in [0.15, 0.2) is 0 Å². The predicted molar refractivity (Wildman–Crippen MR) is 75.2 cm³/mol. The lowest BCUT2D eigenvalue weighted by Crippen LogP contribution is -2.10. The number of hydrogen-bond acceptors (Lipinski definition) is 3. The topological polar surface area (TPSA) is 78.3 Å². The minimum Gasteiger partial charge on any atom is -0.487 e. The number of halogens is 1. The first-order valence-corrected chi connectivity index (χ1v) is 6.00. The van der Waals surface area contributed by atoms with Crippen LogP contribution in [0, 0.1) is 0 Å². The van der Waals surface area contributed by atoms with Crippen LogP contribution in [0.3, 0.4) is 0 Å². The third kappa shape index (κ3) is 3.39. The van der Waals surface area contributed by atoms with E-state index in [1.54, 1.807) is 42.5 Å². The Morgan fingerprint density at radius 2 is 1.84 bits per heavy atom. The van der Waals surface area contributed by atoms with Crippen LogP contribution in [0.4, 0.5) is 5.69 Å². The van der Waals surface area contributed by atoms with Gasteiger partial charge >= 0.3 is 0 Å². The molecule has 98 valence electrons. The fraction of sp³-hybridized carbons (Fsp3) is 0.0714. The van der Waals surface area contributed by atoms with Crippen LogP contribution < -0.4 is 16.2 Å². The summed E-state index contributed by atoms with van der Waals surface area (Å²) in [5.74, 6) is 0.0815. The van der Waals surface area contributed by atoms with E-state index in [2.05, 4.69) is 0 Å². The Labute approximate surface area is 115 Å². The molecule has 0 bridgehead atoms. The molecule has 0 saturated heterocycles. The van der Waals surface area contributed by atoms with Crippen molar-refractivity contribution < 1.29 is 9.53 Å². The Bertz CT molecular complexity index is 597. The van der Waals surface area contributed by atoms with E-state index in [4.69, 9.17) is 27.8 Å². The van der Waals surface area contributed by atoms with E-state index < -0.39 is 5.91 Å². The molecule has 0 spiro atoms. The van der Waals surface area contributed by atoms with Crippen molar-refractivity contribution in [2.75, 3.05) is 5.73 Å². The number of carbonyl (C=O) groups excluding carboxylic acids is 1. The van der Waals surface area contributed by atoms with Gasteiger partial charge in [-0.15, -0.1) is 0 Å². The molecule has 2 aromatic carbocycles. The van der Waals surface area contributed by atoms with Crippen LogP contribution in [-0.4, -0.2) is 5.91 Å². The first kappa shape index (κ1) is 13.2. The molecule has 19 heavy (non-hydrogen) atoms. The second kappa shape index (κ2) is 5.63. The smallest absolute Gasteiger partial charge is 0.248 e. The van der Waals surface area contributed by atoms with Gasteiger partial charge in [0.05, 0.1) is 5.69 Å². The van der Waals surface area contributed by atoms with Gasteiger partial charge in [-0.25, -0.2) is 0 Å². The second-order valence-electron chi connectivity index (χ2n) is 4.03. The number of hydrogen-bond donors (Lipinski definition) is 2. The molecule has 0 unspecified atom stereocenters. The molecule has 4 N–H and O–H groups in total. The van der Waals surface area contributed by atoms with Gasteiger partial charge in [-0.1, -0.05) is 23.7 Å². The van der Waals surface area contributed by atoms with Crippen molar-refractivity contribution in [3.8, 4) is 5.75 Å². The maximum atomic E-state index is 10.9. The largest absolute Gasteiger partial charge is 0.487 e. The standard InChI is InChI=1S/C14H13ClN2O2/c15-11-5-6-12(16)13(7-11)19-8-9-1-3-10(4-2-9)14(17)18/h1-7H,8,16H2,(H2,17,18). The second-order valence-corrected chi connectivity index (χ2v) is 4.47. The van der Waals surface area contributed by atoms with Crippen molar-refractivity contribution >= 4 is 23.2 Å². The Balaban J connectivity index is 2.06. The predicted octanol–water partition coefficient (Wildman–Crippen LogP) is 2.60. The van der Waals surface area contributed by atoms with Crippen LogP contribution in [0.2, 0.25) is 5.02 Å². The van der Waals surface area contributed by atoms with Crippen LogP contribution in [0.5, 0.6) is 5.75 Å². The molecule has 0 saturated carbocycles. The molecule has 5 heteroatoms. The fourth-order valence-electron chi connectivity index (χ4n) is 1.56. The van der Waals surface area contributed by atoms with Gasteiger partial charge in [-0.3, -0.25) is 4.79 Å². The highest BCUT2D eigenvalue weighted by atomic mass is 35.5. The normalized spacial score (nSPS) is 10.2. The Hall–Kier alpha value is -2.20. The highest BCUT2D eigenvalue weighted by Gasteiger charge is 2.03. The number of amides is 1. The molecule has 0 fully saturated rings. The minimum absolute atomic E-state index is 0.337. The van der Waals surface area contributed by atoms with Crippen molar-refractivity contribution in [3.05, 3.63) is 58.6 Å². The van der Waals surface area contributed by atoms with Gasteiger partial charge in [-0.2, -0.15) is 0 Å². The van der Waals surface area contributed by atoms with Crippen LogP contribution >= 0.6 is 11.6 Å². The molecule has 4 nitrogen and oxygen atoms in total. The van der Waals surface area contributed by atoms with Crippen LogP contribution in [0.1, 0.15) is 15.9 Å². The zero-order valence-corrected chi connectivity index (χ0v) is 10.9. The van der Waals surface area contributed by atoms with E-state index >= 15 is 0 Å². The molecule has 0 radical (unpaired) electrons. The first-order chi connectivity index (χ1) is 9.06. The van der Waals surface area contributed by atoms with Crippen molar-refractivity contribution in [1.82, 2.24) is 0 Å². The van der Waals surface area contributed by atoms with Gasteiger partial charge in [0, 0.05) is 16.7 Å². The van der Waals surface area contributed by atoms with Crippen molar-refractivity contribution in [1.29, 1.82) is 0 Å². The molecule has 2 aromatic rings. The fourth-order valence-corrected chi connectivity index (χ4v) is 1.72. The number of rotatable bonds is 4. The van der Waals surface area contributed by atoms with Gasteiger partial charge in [0.2, 0.25) is 5.91 Å². The number of ether oxygens (including phenoxy) is 1. The number of anilines is 1. The third-order valence-corrected chi connectivity index (χ3v) is 2.84. The van der Waals surface area contributed by atoms with Gasteiger partial charge in [0.25, 0.3) is 0 Å². The van der Waals surface area contributed by atoms with E-state index in [1.807, 2.05) is 0 Å². The molecule has 0 aromatic heterocycles. The highest BCUT2D eigenvalue weighted by Crippen LogP contribution is 2.26. The van der Waals surface area contributed by atoms with Gasteiger partial charge in [0.1, 0.15) is 12.4 Å². The molecule has 0 atom stereocenters. The molecule has 0 heterocycles. The van der Waals surface area contributed by atoms with E-state index in [9.17, 15) is 4.79 Å². The van der Waals surface area contributed by atoms with E-state index in [0.717, 1.165) is 5.56 Å². The monoisotopic (exact) mass is 276 g/mol. The number of nitrogens with two attached hydrogens (primary N) is 2. The van der Waals surface area contributed by atoms with Crippen molar-refractivity contribution in [2.24, 2.45) is 5.73 Å². The van der Waals surface area contributed by atoms with E-state index in [1.165, 1.54) is 0 Å². The zero-order chi connectivity index (χ0) is 13.8. The maximum Gasteiger partial charge on any atom is 0.248 e. The SMILES string of the molecule is NC(=O)c1ccc(COc2cc(Cl)ccc2N)cc1. The summed E-state index contributed by atoms with van der Waals surface area (Å²) in [7, 11) is 0. The Morgan fingerprint density at radius 1 is 1.16 bits per heavy atom. The quantitative estimate of drug-likeness (QED) is 0.843. The highest BCUT2D eigenvalue weighted by molar-refractivity contribution is 6.30. The molecule has 1 amide bonds. The summed E-state index contributed by atoms with van der Waals surface area (Å²) in [5.41, 5.74) is 12.8. The number of carbonyl (C=O) groups is 1. The van der Waals surface area contributed by atoms with Crippen molar-refractivity contribution in [3.63, 3.8) is 0 Å². The lowest BCUT2D eigenvalue weighted by atomic mass is 10.1. The molecule has 0 aliphatic rings. The summed E-state index contributed by atoms with van der Waals surface area (Å²) >= 11 is 5.87. The third-order valence-electron chi connectivity index (χ3n) is 2.61. The molecular formula is C14H13ClN2O2. The lowest BCUT2D eigenvalue weighted by molar-refractivity contribution is 0.1000. The van der Waals surface area contributed by atoms with Crippen LogP contribution in [-0.2, 0) is 6.61 Å². The maximum absolute atomic E-state index is 10.9. The van der Waals surface area contributed by atoms with Gasteiger partial charge in [-0.05, 0) is 29.8 Å². The van der Waals surface area contributed by atoms with Crippen LogP contribution in [0.15, 0.2) is 42.5 Å². The molecule has 0 aliphatic heterocycles. The van der Waals surface area contributed by atoms with Gasteiger partial charge < -0.3 is 16.2 Å². The average Bonchev–Trinajstić information content (AvgIpc) is 2.40. The summed E-state index contributed by atoms with van der Waals surface area (Å²) in [6, 6.07) is 11.9. The minimum atomic E-state index is -0.452. The summed E-state index contributed by atoms with van der Waals surface area (Å²) in [4.78, 5) is 10.9. The summed E-state index contributed by atoms with van der Waals surface area (Å²) in [6.07, 6.45) is 0. The molecule has 2 rings (SSSR count). The summed E-state index contributed by atoms with van der Waals surface area (Å²) < 4.78 is 5.58. The van der Waals surface area contributed by atoms with Crippen LogP contribution in [0.25, 0.3) is 0 Å². The first-order valence-electron chi connectivity index (χ1n) is 5.63. The Kier molecular flexibility index (Phi) is 3.92. The van der Waals surface area contributed by atoms with E-state index in [-0.39, 0.29) is 0 Å².